The number of nitrogens with zero attached hydrogens (tertiary/aromatic N) is 4. The molecule has 0 saturated carbocycles. The average molecular weight is 416 g/mol. The van der Waals surface area contributed by atoms with E-state index in [1.54, 1.807) is 6.20 Å². The Morgan fingerprint density at radius 1 is 1.57 bits per heavy atom. The monoisotopic (exact) mass is 415 g/mol. The van der Waals surface area contributed by atoms with E-state index in [1.165, 1.54) is 0 Å². The summed E-state index contributed by atoms with van der Waals surface area (Å²) in [5.74, 6) is 0. The van der Waals surface area contributed by atoms with Gasteiger partial charge in [0.25, 0.3) is 0 Å². The topological polar surface area (TPSA) is 87.7 Å². The first kappa shape index (κ1) is 13.7. The van der Waals surface area contributed by atoms with Gasteiger partial charge in [-0.1, -0.05) is 6.07 Å². The van der Waals surface area contributed by atoms with Gasteiger partial charge in [-0.3, -0.25) is 4.98 Å². The van der Waals surface area contributed by atoms with Gasteiger partial charge in [-0.05, 0) is 12.1 Å². The van der Waals surface area contributed by atoms with Crippen molar-refractivity contribution in [2.24, 2.45) is 9.41 Å². The van der Waals surface area contributed by atoms with Crippen molar-refractivity contribution in [2.45, 2.75) is 6.54 Å². The van der Waals surface area contributed by atoms with Gasteiger partial charge in [0.15, 0.2) is 0 Å². The Labute approximate surface area is 95.6 Å². The molecular formula is C6H8Cl2N5Pt. The van der Waals surface area contributed by atoms with E-state index in [0.29, 0.717) is 6.54 Å². The average Bonchev–Trinajstić information content (AvgIpc) is 2.20. The first-order valence-electron chi connectivity index (χ1n) is 3.31. The molecule has 81 valence electrons. The SMILES string of the molecule is NCc1ccccn1.[N-]=[N+]=[N][Pt]([Cl])[Cl]. The van der Waals surface area contributed by atoms with E-state index in [9.17, 15) is 0 Å². The Morgan fingerprint density at radius 2 is 2.29 bits per heavy atom. The van der Waals surface area contributed by atoms with Crippen LogP contribution < -0.4 is 5.73 Å². The van der Waals surface area contributed by atoms with Crippen LogP contribution in [0.4, 0.5) is 0 Å². The number of hydrogen-bond acceptors (Lipinski definition) is 3. The number of nitrogens with two attached hydrogens (primary N) is 1. The summed E-state index contributed by atoms with van der Waals surface area (Å²) in [6, 6.07) is 5.70. The van der Waals surface area contributed by atoms with E-state index in [0.717, 1.165) is 5.69 Å². The van der Waals surface area contributed by atoms with E-state index in [1.807, 2.05) is 18.2 Å². The summed E-state index contributed by atoms with van der Waals surface area (Å²) in [4.78, 5) is 6.34. The van der Waals surface area contributed by atoms with Gasteiger partial charge in [-0.15, -0.1) is 0 Å². The van der Waals surface area contributed by atoms with E-state index < -0.39 is 15.5 Å². The fourth-order valence-electron chi connectivity index (χ4n) is 0.540. The van der Waals surface area contributed by atoms with Gasteiger partial charge in [0.1, 0.15) is 0 Å². The molecule has 1 aromatic heterocycles. The van der Waals surface area contributed by atoms with Crippen LogP contribution in [0.25, 0.3) is 10.4 Å². The number of halogens is 2. The summed E-state index contributed by atoms with van der Waals surface area (Å²) in [6.45, 7) is 0.529. The van der Waals surface area contributed by atoms with Crippen molar-refractivity contribution < 1.29 is 15.5 Å². The van der Waals surface area contributed by atoms with Crippen LogP contribution >= 0.6 is 18.8 Å². The molecule has 5 nitrogen and oxygen atoms in total. The zero-order chi connectivity index (χ0) is 10.8. The van der Waals surface area contributed by atoms with E-state index in [4.69, 9.17) is 30.1 Å². The van der Waals surface area contributed by atoms with Gasteiger partial charge >= 0.3 is 48.4 Å². The Hall–Kier alpha value is -0.312. The van der Waals surface area contributed by atoms with Crippen LogP contribution in [-0.2, 0) is 22.0 Å². The van der Waals surface area contributed by atoms with E-state index >= 15 is 0 Å². The zero-order valence-electron chi connectivity index (χ0n) is 6.95. The van der Waals surface area contributed by atoms with Crippen molar-refractivity contribution in [1.29, 1.82) is 0 Å². The number of rotatable bonds is 2. The van der Waals surface area contributed by atoms with Crippen molar-refractivity contribution >= 4 is 18.8 Å². The second-order valence-electron chi connectivity index (χ2n) is 1.83. The van der Waals surface area contributed by atoms with Crippen molar-refractivity contribution in [3.05, 3.63) is 40.5 Å². The molecule has 0 aliphatic heterocycles. The summed E-state index contributed by atoms with van der Waals surface area (Å²) in [5.41, 5.74) is 13.8. The molecule has 0 unspecified atom stereocenters. The fraction of sp³-hybridized carbons (Fsp3) is 0.167. The first-order chi connectivity index (χ1) is 6.70. The summed E-state index contributed by atoms with van der Waals surface area (Å²) in [7, 11) is 10.2. The minimum absolute atomic E-state index is 0.529. The molecule has 0 aliphatic carbocycles. The molecule has 8 heteroatoms. The van der Waals surface area contributed by atoms with Crippen LogP contribution in [0.15, 0.2) is 28.1 Å². The molecule has 0 fully saturated rings. The molecule has 0 radical (unpaired) electrons. The van der Waals surface area contributed by atoms with Crippen molar-refractivity contribution in [1.82, 2.24) is 4.98 Å². The second kappa shape index (κ2) is 9.25. The molecule has 1 rings (SSSR count). The molecule has 0 aliphatic rings. The van der Waals surface area contributed by atoms with Crippen molar-refractivity contribution in [3.8, 4) is 0 Å². The normalized spacial score (nSPS) is 9.21. The van der Waals surface area contributed by atoms with Crippen molar-refractivity contribution in [3.63, 3.8) is 0 Å². The molecular weight excluding hydrogens is 408 g/mol. The Kier molecular flexibility index (Phi) is 9.05. The molecule has 14 heavy (non-hydrogen) atoms. The molecule has 1 heterocycles. The molecule has 0 atom stereocenters. The first-order valence-corrected chi connectivity index (χ1v) is 9.96. The fourth-order valence-corrected chi connectivity index (χ4v) is 1.04. The third-order valence-corrected chi connectivity index (χ3v) is 2.34. The van der Waals surface area contributed by atoms with Gasteiger partial charge in [0.2, 0.25) is 0 Å². The zero-order valence-corrected chi connectivity index (χ0v) is 10.7. The van der Waals surface area contributed by atoms with Crippen LogP contribution in [-0.4, -0.2) is 4.98 Å². The molecule has 0 spiro atoms. The predicted octanol–water partition coefficient (Wildman–Crippen LogP) is 2.68. The van der Waals surface area contributed by atoms with E-state index in [-0.39, 0.29) is 0 Å². The predicted molar refractivity (Wildman–Crippen MR) is 53.0 cm³/mol. The summed E-state index contributed by atoms with van der Waals surface area (Å²) in [6.07, 6.45) is 1.74. The number of hydrogen-bond donors (Lipinski definition) is 1. The van der Waals surface area contributed by atoms with Crippen LogP contribution in [0.5, 0.6) is 0 Å². The molecule has 1 aromatic rings. The Bertz CT molecular complexity index is 288. The van der Waals surface area contributed by atoms with Crippen molar-refractivity contribution in [2.75, 3.05) is 0 Å². The molecule has 0 bridgehead atoms. The van der Waals surface area contributed by atoms with Crippen LogP contribution in [0, 0.1) is 0 Å². The number of pyridine rings is 1. The van der Waals surface area contributed by atoms with Gasteiger partial charge in [0.05, 0.1) is 5.69 Å². The maximum absolute atomic E-state index is 7.57. The minimum atomic E-state index is -2.16. The van der Waals surface area contributed by atoms with Gasteiger partial charge in [-0.2, -0.15) is 0 Å². The summed E-state index contributed by atoms with van der Waals surface area (Å²) < 4.78 is 2.99. The summed E-state index contributed by atoms with van der Waals surface area (Å²) in [5, 5.41) is 0. The third-order valence-electron chi connectivity index (χ3n) is 1.01. The van der Waals surface area contributed by atoms with Gasteiger partial charge in [0, 0.05) is 12.7 Å². The summed E-state index contributed by atoms with van der Waals surface area (Å²) >= 11 is -2.16. The van der Waals surface area contributed by atoms with Crippen LogP contribution in [0.2, 0.25) is 0 Å². The van der Waals surface area contributed by atoms with Crippen LogP contribution in [0.1, 0.15) is 5.69 Å². The third kappa shape index (κ3) is 8.29. The number of azide groups is 1. The molecule has 0 saturated heterocycles. The molecule has 2 N–H and O–H groups in total. The molecule has 0 amide bonds. The molecule has 0 aromatic carbocycles. The Morgan fingerprint density at radius 3 is 2.50 bits per heavy atom. The standard InChI is InChI=1S/C6H8N2.2ClH.N3.Pt/c7-5-6-3-1-2-4-8-6;;;1-3-2;/h1-4H,5,7H2;2*1H;;/q;;;-1;+3/p-2. The van der Waals surface area contributed by atoms with E-state index in [2.05, 4.69) is 13.6 Å². The Balaban J connectivity index is 0.000000255. The van der Waals surface area contributed by atoms with Crippen LogP contribution in [0.3, 0.4) is 0 Å². The van der Waals surface area contributed by atoms with Gasteiger partial charge < -0.3 is 5.73 Å². The second-order valence-corrected chi connectivity index (χ2v) is 8.09. The quantitative estimate of drug-likeness (QED) is 0.457. The van der Waals surface area contributed by atoms with Gasteiger partial charge in [-0.25, -0.2) is 0 Å². The number of aromatic nitrogens is 1. The maximum atomic E-state index is 7.57.